The van der Waals surface area contributed by atoms with Gasteiger partial charge in [-0.2, -0.15) is 0 Å². The molecule has 3 rings (SSSR count). The van der Waals surface area contributed by atoms with E-state index in [1.54, 1.807) is 0 Å². The molecule has 1 aliphatic carbocycles. The number of para-hydroxylation sites is 2. The van der Waals surface area contributed by atoms with Gasteiger partial charge in [-0.25, -0.2) is 0 Å². The quantitative estimate of drug-likeness (QED) is 0.503. The van der Waals surface area contributed by atoms with Crippen molar-refractivity contribution in [1.82, 2.24) is 5.32 Å². The van der Waals surface area contributed by atoms with E-state index in [0.717, 1.165) is 43.6 Å². The van der Waals surface area contributed by atoms with Crippen molar-refractivity contribution >= 4 is 34.7 Å². The van der Waals surface area contributed by atoms with Crippen molar-refractivity contribution in [3.63, 3.8) is 0 Å². The van der Waals surface area contributed by atoms with Gasteiger partial charge in [-0.3, -0.25) is 0 Å². The van der Waals surface area contributed by atoms with Crippen LogP contribution in [0.15, 0.2) is 60.7 Å². The molecule has 160 valence electrons. The van der Waals surface area contributed by atoms with E-state index in [-0.39, 0.29) is 16.9 Å². The second-order valence-corrected chi connectivity index (χ2v) is 10.2. The van der Waals surface area contributed by atoms with Crippen molar-refractivity contribution in [2.45, 2.75) is 58.9 Å². The van der Waals surface area contributed by atoms with Gasteiger partial charge < -0.3 is 14.8 Å². The normalized spacial score (nSPS) is 22.7. The molecular weight excluding hydrogens is 410 g/mol. The van der Waals surface area contributed by atoms with Crippen LogP contribution in [0.2, 0.25) is 0 Å². The summed E-state index contributed by atoms with van der Waals surface area (Å²) in [4.78, 5) is 0. The minimum atomic E-state index is 0.159. The molecule has 0 bridgehead atoms. The maximum atomic E-state index is 5.84. The van der Waals surface area contributed by atoms with Gasteiger partial charge in [0.2, 0.25) is 0 Å². The van der Waals surface area contributed by atoms with E-state index in [2.05, 4.69) is 26.1 Å². The summed E-state index contributed by atoms with van der Waals surface area (Å²) < 4.78 is 11.6. The Hall–Kier alpha value is -1.98. The SMILES string of the molecule is CC1(C)CC(NC(=S)Oc2ccccc2)CC(C)(CCC(=S)Oc2ccccc2)C1. The number of hydrogen-bond donors (Lipinski definition) is 1. The predicted molar refractivity (Wildman–Crippen MR) is 131 cm³/mol. The third-order valence-electron chi connectivity index (χ3n) is 5.63. The molecule has 0 amide bonds. The van der Waals surface area contributed by atoms with Crippen LogP contribution in [0.4, 0.5) is 0 Å². The van der Waals surface area contributed by atoms with E-state index in [0.29, 0.717) is 10.2 Å². The molecule has 1 fully saturated rings. The maximum absolute atomic E-state index is 5.84. The maximum Gasteiger partial charge on any atom is 0.262 e. The van der Waals surface area contributed by atoms with Crippen LogP contribution in [-0.4, -0.2) is 16.3 Å². The molecule has 30 heavy (non-hydrogen) atoms. The lowest BCUT2D eigenvalue weighted by atomic mass is 9.61. The Kier molecular flexibility index (Phi) is 7.48. The van der Waals surface area contributed by atoms with E-state index in [9.17, 15) is 0 Å². The first kappa shape index (κ1) is 22.7. The van der Waals surface area contributed by atoms with Gasteiger partial charge in [0.1, 0.15) is 11.5 Å². The van der Waals surface area contributed by atoms with Crippen molar-refractivity contribution in [3.8, 4) is 11.5 Å². The highest BCUT2D eigenvalue weighted by molar-refractivity contribution is 7.80. The average molecular weight is 442 g/mol. The Balaban J connectivity index is 1.56. The first-order valence-electron chi connectivity index (χ1n) is 10.5. The fourth-order valence-corrected chi connectivity index (χ4v) is 5.25. The zero-order valence-corrected chi connectivity index (χ0v) is 19.7. The first-order chi connectivity index (χ1) is 14.2. The van der Waals surface area contributed by atoms with Gasteiger partial charge >= 0.3 is 0 Å². The standard InChI is InChI=1S/C25H31NO2S2/c1-24(2)16-19(26-23(30)28-21-12-8-5-9-13-21)17-25(3,18-24)15-14-22(29)27-20-10-6-4-7-11-20/h4-13,19H,14-18H2,1-3H3,(H,26,30). The second-order valence-electron chi connectivity index (χ2n) is 9.39. The molecule has 0 spiro atoms. The summed E-state index contributed by atoms with van der Waals surface area (Å²) in [7, 11) is 0. The molecule has 2 aromatic carbocycles. The highest BCUT2D eigenvalue weighted by Gasteiger charge is 2.41. The number of benzene rings is 2. The van der Waals surface area contributed by atoms with Gasteiger partial charge in [0, 0.05) is 12.5 Å². The minimum Gasteiger partial charge on any atom is -0.450 e. The summed E-state index contributed by atoms with van der Waals surface area (Å²) in [6.45, 7) is 7.02. The topological polar surface area (TPSA) is 30.5 Å². The number of thiocarbonyl (C=S) groups is 2. The number of rotatable bonds is 6. The van der Waals surface area contributed by atoms with E-state index in [4.69, 9.17) is 33.9 Å². The summed E-state index contributed by atoms with van der Waals surface area (Å²) in [6.07, 6.45) is 5.01. The van der Waals surface area contributed by atoms with Crippen molar-refractivity contribution in [3.05, 3.63) is 60.7 Å². The molecule has 0 saturated heterocycles. The molecule has 1 saturated carbocycles. The van der Waals surface area contributed by atoms with Gasteiger partial charge in [-0.15, -0.1) is 0 Å². The second kappa shape index (κ2) is 9.88. The molecule has 5 heteroatoms. The summed E-state index contributed by atoms with van der Waals surface area (Å²) in [5, 5.41) is 4.54. The summed E-state index contributed by atoms with van der Waals surface area (Å²) in [5.41, 5.74) is 0.376. The lowest BCUT2D eigenvalue weighted by molar-refractivity contribution is 0.0702. The number of nitrogens with one attached hydrogen (secondary N) is 1. The fraction of sp³-hybridized carbons (Fsp3) is 0.440. The molecule has 2 aromatic rings. The Morgan fingerprint density at radius 2 is 1.47 bits per heavy atom. The van der Waals surface area contributed by atoms with Crippen molar-refractivity contribution in [2.24, 2.45) is 10.8 Å². The van der Waals surface area contributed by atoms with Crippen LogP contribution in [0, 0.1) is 10.8 Å². The van der Waals surface area contributed by atoms with Gasteiger partial charge in [-0.1, -0.05) is 57.2 Å². The lowest BCUT2D eigenvalue weighted by Crippen LogP contribution is -2.47. The van der Waals surface area contributed by atoms with Crippen LogP contribution < -0.4 is 14.8 Å². The lowest BCUT2D eigenvalue weighted by Gasteiger charge is -2.47. The molecule has 3 nitrogen and oxygen atoms in total. The summed E-state index contributed by atoms with van der Waals surface area (Å²) in [5.74, 6) is 1.57. The predicted octanol–water partition coefficient (Wildman–Crippen LogP) is 6.71. The molecular formula is C25H31NO2S2. The average Bonchev–Trinajstić information content (AvgIpc) is 2.66. The van der Waals surface area contributed by atoms with Crippen molar-refractivity contribution < 1.29 is 9.47 Å². The van der Waals surface area contributed by atoms with Gasteiger partial charge in [0.15, 0.2) is 5.05 Å². The van der Waals surface area contributed by atoms with Crippen LogP contribution in [0.5, 0.6) is 11.5 Å². The Labute approximate surface area is 191 Å². The molecule has 2 unspecified atom stereocenters. The van der Waals surface area contributed by atoms with Crippen LogP contribution in [-0.2, 0) is 0 Å². The van der Waals surface area contributed by atoms with Gasteiger partial charge in [-0.05, 0) is 85.2 Å². The van der Waals surface area contributed by atoms with Crippen LogP contribution in [0.1, 0.15) is 52.9 Å². The molecule has 1 aliphatic rings. The van der Waals surface area contributed by atoms with E-state index >= 15 is 0 Å². The van der Waals surface area contributed by atoms with E-state index in [1.807, 2.05) is 60.7 Å². The molecule has 0 aliphatic heterocycles. The molecule has 1 N–H and O–H groups in total. The van der Waals surface area contributed by atoms with Crippen LogP contribution in [0.3, 0.4) is 0 Å². The highest BCUT2D eigenvalue weighted by atomic mass is 32.1. The van der Waals surface area contributed by atoms with Crippen molar-refractivity contribution in [1.29, 1.82) is 0 Å². The third-order valence-corrected chi connectivity index (χ3v) is 6.12. The summed E-state index contributed by atoms with van der Waals surface area (Å²) in [6, 6.07) is 19.7. The largest absolute Gasteiger partial charge is 0.450 e. The van der Waals surface area contributed by atoms with Gasteiger partial charge in [0.05, 0.1) is 0 Å². The number of hydrogen-bond acceptors (Lipinski definition) is 4. The first-order valence-corrected chi connectivity index (χ1v) is 11.3. The smallest absolute Gasteiger partial charge is 0.262 e. The van der Waals surface area contributed by atoms with Crippen molar-refractivity contribution in [2.75, 3.05) is 0 Å². The van der Waals surface area contributed by atoms with E-state index in [1.165, 1.54) is 0 Å². The molecule has 0 radical (unpaired) electrons. The Morgan fingerprint density at radius 1 is 0.900 bits per heavy atom. The zero-order chi connectivity index (χ0) is 21.6. The zero-order valence-electron chi connectivity index (χ0n) is 18.0. The fourth-order valence-electron chi connectivity index (χ4n) is 4.79. The Bertz CT molecular complexity index is 854. The van der Waals surface area contributed by atoms with Crippen LogP contribution in [0.25, 0.3) is 0 Å². The monoisotopic (exact) mass is 441 g/mol. The van der Waals surface area contributed by atoms with Crippen LogP contribution >= 0.6 is 24.4 Å². The highest BCUT2D eigenvalue weighted by Crippen LogP contribution is 2.48. The molecule has 0 aromatic heterocycles. The minimum absolute atomic E-state index is 0.159. The molecule has 2 atom stereocenters. The van der Waals surface area contributed by atoms with Gasteiger partial charge in [0.25, 0.3) is 5.17 Å². The summed E-state index contributed by atoms with van der Waals surface area (Å²) >= 11 is 11.0. The number of ether oxygens (including phenoxy) is 2. The Morgan fingerprint density at radius 3 is 2.07 bits per heavy atom. The van der Waals surface area contributed by atoms with E-state index < -0.39 is 0 Å². The molecule has 0 heterocycles. The third kappa shape index (κ3) is 7.06.